The third-order valence-electron chi connectivity index (χ3n) is 5.66. The van der Waals surface area contributed by atoms with Gasteiger partial charge in [-0.2, -0.15) is 5.10 Å². The summed E-state index contributed by atoms with van der Waals surface area (Å²) in [5.41, 5.74) is 2.32. The van der Waals surface area contributed by atoms with Gasteiger partial charge in [-0.3, -0.25) is 9.69 Å². The van der Waals surface area contributed by atoms with Crippen molar-refractivity contribution in [2.45, 2.75) is 38.5 Å². The molecule has 0 saturated carbocycles. The summed E-state index contributed by atoms with van der Waals surface area (Å²) in [6.07, 6.45) is 5.87. The molecule has 0 spiro atoms. The number of rotatable bonds is 6. The minimum atomic E-state index is -0.220. The molecular weight excluding hydrogens is 370 g/mol. The minimum absolute atomic E-state index is 0.170. The number of nitrogens with zero attached hydrogens (tertiary/aromatic N) is 5. The second-order valence-corrected chi connectivity index (χ2v) is 7.70. The summed E-state index contributed by atoms with van der Waals surface area (Å²) < 4.78 is 12.9. The standard InChI is InChI=1S/C21H29N5O3/c1-28-19-6-5-17(12-18(19)14-26-16-22-15-23-26)13-24-7-3-8-25(10-9-24)21(27)20-4-2-11-29-20/h5-6,12,15-16,20H,2-4,7-11,13-14H2,1H3/t20-/m1/s1. The zero-order valence-electron chi connectivity index (χ0n) is 17.0. The third kappa shape index (κ3) is 4.94. The highest BCUT2D eigenvalue weighted by atomic mass is 16.5. The van der Waals surface area contributed by atoms with Crippen molar-refractivity contribution in [3.8, 4) is 5.75 Å². The first-order valence-corrected chi connectivity index (χ1v) is 10.3. The molecule has 0 bridgehead atoms. The molecule has 2 aromatic rings. The number of amides is 1. The van der Waals surface area contributed by atoms with Crippen LogP contribution in [0.25, 0.3) is 0 Å². The Bertz CT molecular complexity index is 805. The summed E-state index contributed by atoms with van der Waals surface area (Å²) in [5.74, 6) is 1.03. The highest BCUT2D eigenvalue weighted by Crippen LogP contribution is 2.22. The van der Waals surface area contributed by atoms with E-state index in [4.69, 9.17) is 9.47 Å². The Morgan fingerprint density at radius 1 is 1.21 bits per heavy atom. The highest BCUT2D eigenvalue weighted by Gasteiger charge is 2.29. The lowest BCUT2D eigenvalue weighted by Crippen LogP contribution is -2.41. The molecule has 1 amide bonds. The van der Waals surface area contributed by atoms with Gasteiger partial charge in [0.2, 0.25) is 0 Å². The number of hydrogen-bond acceptors (Lipinski definition) is 6. The van der Waals surface area contributed by atoms with Crippen molar-refractivity contribution < 1.29 is 14.3 Å². The van der Waals surface area contributed by atoms with E-state index in [2.05, 4.69) is 27.1 Å². The first-order chi connectivity index (χ1) is 14.2. The van der Waals surface area contributed by atoms with Crippen LogP contribution in [-0.2, 0) is 22.6 Å². The Hall–Kier alpha value is -2.45. The van der Waals surface area contributed by atoms with Gasteiger partial charge in [-0.15, -0.1) is 0 Å². The lowest BCUT2D eigenvalue weighted by Gasteiger charge is -2.24. The molecule has 0 aliphatic carbocycles. The molecule has 0 radical (unpaired) electrons. The summed E-state index contributed by atoms with van der Waals surface area (Å²) in [4.78, 5) is 21.1. The number of carbonyl (C=O) groups excluding carboxylic acids is 1. The number of methoxy groups -OCH3 is 1. The average molecular weight is 399 g/mol. The molecule has 4 rings (SSSR count). The van der Waals surface area contributed by atoms with Crippen LogP contribution in [0.4, 0.5) is 0 Å². The molecule has 2 aliphatic heterocycles. The molecule has 2 fully saturated rings. The van der Waals surface area contributed by atoms with Crippen LogP contribution in [0.5, 0.6) is 5.75 Å². The molecule has 2 aliphatic rings. The number of aromatic nitrogens is 3. The van der Waals surface area contributed by atoms with Crippen LogP contribution < -0.4 is 4.74 Å². The van der Waals surface area contributed by atoms with Crippen molar-refractivity contribution in [1.29, 1.82) is 0 Å². The predicted molar refractivity (Wildman–Crippen MR) is 108 cm³/mol. The molecular formula is C21H29N5O3. The minimum Gasteiger partial charge on any atom is -0.496 e. The zero-order valence-corrected chi connectivity index (χ0v) is 17.0. The van der Waals surface area contributed by atoms with Crippen molar-refractivity contribution in [2.24, 2.45) is 0 Å². The lowest BCUT2D eigenvalue weighted by atomic mass is 10.1. The van der Waals surface area contributed by atoms with Crippen molar-refractivity contribution in [1.82, 2.24) is 24.6 Å². The molecule has 0 unspecified atom stereocenters. The summed E-state index contributed by atoms with van der Waals surface area (Å²) in [6, 6.07) is 6.32. The maximum atomic E-state index is 12.6. The Morgan fingerprint density at radius 3 is 2.90 bits per heavy atom. The second kappa shape index (κ2) is 9.37. The van der Waals surface area contributed by atoms with E-state index in [-0.39, 0.29) is 12.0 Å². The summed E-state index contributed by atoms with van der Waals surface area (Å²) in [5, 5.41) is 4.19. The Balaban J connectivity index is 1.38. The fraction of sp³-hybridized carbons (Fsp3) is 0.571. The number of carbonyl (C=O) groups is 1. The number of benzene rings is 1. The van der Waals surface area contributed by atoms with Crippen LogP contribution in [0.15, 0.2) is 30.9 Å². The van der Waals surface area contributed by atoms with Gasteiger partial charge in [0, 0.05) is 44.9 Å². The van der Waals surface area contributed by atoms with Gasteiger partial charge in [0.1, 0.15) is 24.5 Å². The van der Waals surface area contributed by atoms with E-state index >= 15 is 0 Å². The maximum Gasteiger partial charge on any atom is 0.251 e. The van der Waals surface area contributed by atoms with Crippen LogP contribution in [0.3, 0.4) is 0 Å². The van der Waals surface area contributed by atoms with Crippen molar-refractivity contribution in [3.05, 3.63) is 42.0 Å². The van der Waals surface area contributed by atoms with E-state index in [0.29, 0.717) is 13.2 Å². The van der Waals surface area contributed by atoms with E-state index in [1.165, 1.54) is 11.9 Å². The normalized spacial score (nSPS) is 20.6. The topological polar surface area (TPSA) is 72.7 Å². The SMILES string of the molecule is COc1ccc(CN2CCCN(C(=O)[C@H]3CCCO3)CC2)cc1Cn1cncn1. The monoisotopic (exact) mass is 399 g/mol. The maximum absolute atomic E-state index is 12.6. The van der Waals surface area contributed by atoms with E-state index in [1.807, 2.05) is 11.0 Å². The van der Waals surface area contributed by atoms with Crippen molar-refractivity contribution >= 4 is 5.91 Å². The molecule has 8 heteroatoms. The molecule has 1 aromatic carbocycles. The van der Waals surface area contributed by atoms with Crippen molar-refractivity contribution in [2.75, 3.05) is 39.9 Å². The number of ether oxygens (including phenoxy) is 2. The van der Waals surface area contributed by atoms with Gasteiger partial charge in [0.25, 0.3) is 5.91 Å². The predicted octanol–water partition coefficient (Wildman–Crippen LogP) is 1.55. The fourth-order valence-corrected chi connectivity index (χ4v) is 4.13. The van der Waals surface area contributed by atoms with Gasteiger partial charge in [-0.1, -0.05) is 6.07 Å². The molecule has 156 valence electrons. The summed E-state index contributed by atoms with van der Waals surface area (Å²) >= 11 is 0. The summed E-state index contributed by atoms with van der Waals surface area (Å²) in [7, 11) is 1.69. The van der Waals surface area contributed by atoms with Crippen LogP contribution in [0.1, 0.15) is 30.4 Å². The average Bonchev–Trinajstić information content (AvgIpc) is 3.40. The summed E-state index contributed by atoms with van der Waals surface area (Å²) in [6.45, 7) is 5.64. The van der Waals surface area contributed by atoms with Gasteiger partial charge in [-0.05, 0) is 37.0 Å². The smallest absolute Gasteiger partial charge is 0.251 e. The Kier molecular flexibility index (Phi) is 6.41. The first kappa shape index (κ1) is 19.8. The molecule has 29 heavy (non-hydrogen) atoms. The molecule has 3 heterocycles. The van der Waals surface area contributed by atoms with Crippen LogP contribution in [-0.4, -0.2) is 76.5 Å². The Morgan fingerprint density at radius 2 is 2.14 bits per heavy atom. The van der Waals surface area contributed by atoms with Crippen LogP contribution in [0.2, 0.25) is 0 Å². The molecule has 2 saturated heterocycles. The van der Waals surface area contributed by atoms with E-state index in [9.17, 15) is 4.79 Å². The van der Waals surface area contributed by atoms with Crippen molar-refractivity contribution in [3.63, 3.8) is 0 Å². The van der Waals surface area contributed by atoms with Crippen LogP contribution >= 0.6 is 0 Å². The van der Waals surface area contributed by atoms with Gasteiger partial charge in [0.05, 0.1) is 13.7 Å². The van der Waals surface area contributed by atoms with Crippen LogP contribution in [0, 0.1) is 0 Å². The quantitative estimate of drug-likeness (QED) is 0.734. The second-order valence-electron chi connectivity index (χ2n) is 7.70. The fourth-order valence-electron chi connectivity index (χ4n) is 4.13. The lowest BCUT2D eigenvalue weighted by molar-refractivity contribution is -0.140. The van der Waals surface area contributed by atoms with E-state index in [1.54, 1.807) is 18.1 Å². The zero-order chi connectivity index (χ0) is 20.1. The number of hydrogen-bond donors (Lipinski definition) is 0. The molecule has 1 aromatic heterocycles. The van der Waals surface area contributed by atoms with Gasteiger partial charge in [-0.25, -0.2) is 9.67 Å². The van der Waals surface area contributed by atoms with Gasteiger partial charge in [0.15, 0.2) is 0 Å². The van der Waals surface area contributed by atoms with E-state index < -0.39 is 0 Å². The van der Waals surface area contributed by atoms with Gasteiger partial charge >= 0.3 is 0 Å². The molecule has 1 atom stereocenters. The molecule has 0 N–H and O–H groups in total. The molecule has 8 nitrogen and oxygen atoms in total. The largest absolute Gasteiger partial charge is 0.496 e. The van der Waals surface area contributed by atoms with E-state index in [0.717, 1.165) is 63.3 Å². The first-order valence-electron chi connectivity index (χ1n) is 10.3. The Labute approximate surface area is 171 Å². The van der Waals surface area contributed by atoms with Gasteiger partial charge < -0.3 is 14.4 Å². The highest BCUT2D eigenvalue weighted by molar-refractivity contribution is 5.81. The third-order valence-corrected chi connectivity index (χ3v) is 5.66.